The van der Waals surface area contributed by atoms with E-state index in [-0.39, 0.29) is 36.3 Å². The molecule has 2 atom stereocenters. The zero-order chi connectivity index (χ0) is 14.1. The van der Waals surface area contributed by atoms with Crippen LogP contribution in [0.1, 0.15) is 42.9 Å². The third-order valence-electron chi connectivity index (χ3n) is 4.11. The highest BCUT2D eigenvalue weighted by molar-refractivity contribution is 5.91. The number of nitrogens with one attached hydrogen (secondary N) is 2. The van der Waals surface area contributed by atoms with Gasteiger partial charge in [0.2, 0.25) is 11.8 Å². The summed E-state index contributed by atoms with van der Waals surface area (Å²) in [5.74, 6) is -0.118. The van der Waals surface area contributed by atoms with Crippen LogP contribution in [0.4, 0.5) is 5.69 Å². The van der Waals surface area contributed by atoms with Gasteiger partial charge in [0.05, 0.1) is 6.04 Å². The fraction of sp³-hybridized carbons (Fsp3) is 0.467. The summed E-state index contributed by atoms with van der Waals surface area (Å²) in [6, 6.07) is 5.53. The molecule has 1 aromatic rings. The van der Waals surface area contributed by atoms with E-state index in [1.165, 1.54) is 5.56 Å². The number of halogens is 1. The molecule has 21 heavy (non-hydrogen) atoms. The number of amides is 2. The van der Waals surface area contributed by atoms with Crippen molar-refractivity contribution in [1.29, 1.82) is 0 Å². The second-order valence-corrected chi connectivity index (χ2v) is 5.57. The zero-order valence-corrected chi connectivity index (χ0v) is 12.5. The van der Waals surface area contributed by atoms with Gasteiger partial charge in [0.1, 0.15) is 6.04 Å². The first-order valence-corrected chi connectivity index (χ1v) is 7.11. The van der Waals surface area contributed by atoms with Crippen molar-refractivity contribution in [2.45, 2.75) is 44.2 Å². The number of benzene rings is 1. The van der Waals surface area contributed by atoms with Crippen molar-refractivity contribution in [3.8, 4) is 0 Å². The fourth-order valence-corrected chi connectivity index (χ4v) is 3.07. The number of fused-ring (bicyclic) bond motifs is 1. The Labute approximate surface area is 130 Å². The van der Waals surface area contributed by atoms with Crippen LogP contribution in [0.25, 0.3) is 0 Å². The lowest BCUT2D eigenvalue weighted by Crippen LogP contribution is -2.43. The van der Waals surface area contributed by atoms with Crippen molar-refractivity contribution < 1.29 is 9.59 Å². The van der Waals surface area contributed by atoms with Gasteiger partial charge in [0.25, 0.3) is 0 Å². The molecule has 0 radical (unpaired) electrons. The van der Waals surface area contributed by atoms with Gasteiger partial charge < -0.3 is 16.4 Å². The average Bonchev–Trinajstić information content (AvgIpc) is 2.85. The van der Waals surface area contributed by atoms with Crippen molar-refractivity contribution >= 4 is 29.9 Å². The Morgan fingerprint density at radius 2 is 2.10 bits per heavy atom. The minimum absolute atomic E-state index is 0. The summed E-state index contributed by atoms with van der Waals surface area (Å²) in [7, 11) is 0. The van der Waals surface area contributed by atoms with Crippen LogP contribution >= 0.6 is 12.4 Å². The van der Waals surface area contributed by atoms with Gasteiger partial charge in [-0.2, -0.15) is 0 Å². The highest BCUT2D eigenvalue weighted by Crippen LogP contribution is 2.31. The summed E-state index contributed by atoms with van der Waals surface area (Å²) < 4.78 is 0. The molecule has 1 saturated heterocycles. The van der Waals surface area contributed by atoms with Crippen molar-refractivity contribution in [3.05, 3.63) is 29.3 Å². The van der Waals surface area contributed by atoms with Gasteiger partial charge in [-0.3, -0.25) is 9.59 Å². The monoisotopic (exact) mass is 309 g/mol. The van der Waals surface area contributed by atoms with Crippen LogP contribution in [-0.2, 0) is 16.0 Å². The summed E-state index contributed by atoms with van der Waals surface area (Å²) in [6.07, 6.45) is 4.01. The van der Waals surface area contributed by atoms with E-state index >= 15 is 0 Å². The molecule has 2 amide bonds. The maximum Gasteiger partial charge on any atom is 0.243 e. The molecule has 0 bridgehead atoms. The SMILES string of the molecule is Cl.Nc1ccc2c(c1)CCCC2NC(=O)[C@H]1CCC(=O)N1. The first-order chi connectivity index (χ1) is 9.63. The molecule has 1 fully saturated rings. The molecule has 0 saturated carbocycles. The van der Waals surface area contributed by atoms with Crippen molar-refractivity contribution in [2.24, 2.45) is 0 Å². The van der Waals surface area contributed by atoms with Gasteiger partial charge in [-0.05, 0) is 48.9 Å². The van der Waals surface area contributed by atoms with Crippen LogP contribution in [0.3, 0.4) is 0 Å². The van der Waals surface area contributed by atoms with Gasteiger partial charge in [0.15, 0.2) is 0 Å². The van der Waals surface area contributed by atoms with Crippen LogP contribution in [0.2, 0.25) is 0 Å². The van der Waals surface area contributed by atoms with Gasteiger partial charge in [-0.1, -0.05) is 6.07 Å². The first-order valence-electron chi connectivity index (χ1n) is 7.11. The third kappa shape index (κ3) is 3.29. The Kier molecular flexibility index (Phi) is 4.73. The molecule has 1 aliphatic carbocycles. The topological polar surface area (TPSA) is 84.2 Å². The molecule has 1 unspecified atom stereocenters. The normalized spacial score (nSPS) is 23.7. The van der Waals surface area contributed by atoms with E-state index < -0.39 is 0 Å². The van der Waals surface area contributed by atoms with Crippen molar-refractivity contribution in [3.63, 3.8) is 0 Å². The number of aryl methyl sites for hydroxylation is 1. The lowest BCUT2D eigenvalue weighted by atomic mass is 9.87. The summed E-state index contributed by atoms with van der Waals surface area (Å²) in [4.78, 5) is 23.4. The van der Waals surface area contributed by atoms with Crippen LogP contribution in [0.5, 0.6) is 0 Å². The largest absolute Gasteiger partial charge is 0.399 e. The van der Waals surface area contributed by atoms with Gasteiger partial charge >= 0.3 is 0 Å². The molecule has 0 aromatic heterocycles. The number of carbonyl (C=O) groups excluding carboxylic acids is 2. The van der Waals surface area contributed by atoms with E-state index in [4.69, 9.17) is 5.73 Å². The van der Waals surface area contributed by atoms with E-state index in [9.17, 15) is 9.59 Å². The summed E-state index contributed by atoms with van der Waals surface area (Å²) >= 11 is 0. The molecule has 1 aromatic carbocycles. The molecular weight excluding hydrogens is 290 g/mol. The molecular formula is C15H20ClN3O2. The van der Waals surface area contributed by atoms with E-state index in [1.54, 1.807) is 0 Å². The van der Waals surface area contributed by atoms with Crippen molar-refractivity contribution in [1.82, 2.24) is 10.6 Å². The molecule has 6 heteroatoms. The first kappa shape index (κ1) is 15.6. The highest BCUT2D eigenvalue weighted by Gasteiger charge is 2.30. The summed E-state index contributed by atoms with van der Waals surface area (Å²) in [5, 5.41) is 5.77. The molecule has 0 spiro atoms. The summed E-state index contributed by atoms with van der Waals surface area (Å²) in [5.41, 5.74) is 8.95. The van der Waals surface area contributed by atoms with Gasteiger partial charge in [-0.15, -0.1) is 12.4 Å². The smallest absolute Gasteiger partial charge is 0.243 e. The lowest BCUT2D eigenvalue weighted by Gasteiger charge is -2.27. The highest BCUT2D eigenvalue weighted by atomic mass is 35.5. The maximum atomic E-state index is 12.2. The van der Waals surface area contributed by atoms with Crippen LogP contribution < -0.4 is 16.4 Å². The van der Waals surface area contributed by atoms with E-state index in [0.29, 0.717) is 12.8 Å². The zero-order valence-electron chi connectivity index (χ0n) is 11.7. The molecule has 4 N–H and O–H groups in total. The number of carbonyl (C=O) groups is 2. The number of nitrogen functional groups attached to an aromatic ring is 1. The van der Waals surface area contributed by atoms with Gasteiger partial charge in [0, 0.05) is 12.1 Å². The van der Waals surface area contributed by atoms with Crippen molar-refractivity contribution in [2.75, 3.05) is 5.73 Å². The van der Waals surface area contributed by atoms with Crippen LogP contribution in [0.15, 0.2) is 18.2 Å². The lowest BCUT2D eigenvalue weighted by molar-refractivity contribution is -0.126. The second-order valence-electron chi connectivity index (χ2n) is 5.57. The standard InChI is InChI=1S/C15H19N3O2.ClH/c16-10-4-5-11-9(8-10)2-1-3-12(11)18-15(20)13-6-7-14(19)17-13;/h4-5,8,12-13H,1-3,6-7,16H2,(H,17,19)(H,18,20);1H/t12?,13-;/m1./s1. The number of nitrogens with two attached hydrogens (primary N) is 1. The average molecular weight is 310 g/mol. The van der Waals surface area contributed by atoms with E-state index in [1.807, 2.05) is 18.2 Å². The quantitative estimate of drug-likeness (QED) is 0.723. The minimum Gasteiger partial charge on any atom is -0.399 e. The molecule has 1 aliphatic heterocycles. The predicted molar refractivity (Wildman–Crippen MR) is 83.1 cm³/mol. The third-order valence-corrected chi connectivity index (χ3v) is 4.11. The molecule has 2 aliphatic rings. The Morgan fingerprint density at radius 1 is 1.29 bits per heavy atom. The Morgan fingerprint density at radius 3 is 2.81 bits per heavy atom. The van der Waals surface area contributed by atoms with Crippen LogP contribution in [-0.4, -0.2) is 17.9 Å². The van der Waals surface area contributed by atoms with E-state index in [2.05, 4.69) is 10.6 Å². The second kappa shape index (κ2) is 6.35. The Hall–Kier alpha value is -1.75. The minimum atomic E-state index is -0.373. The Bertz CT molecular complexity index is 562. The number of rotatable bonds is 2. The number of hydrogen-bond acceptors (Lipinski definition) is 3. The number of hydrogen-bond donors (Lipinski definition) is 3. The summed E-state index contributed by atoms with van der Waals surface area (Å²) in [6.45, 7) is 0. The predicted octanol–water partition coefficient (Wildman–Crippen LogP) is 1.46. The molecule has 114 valence electrons. The van der Waals surface area contributed by atoms with Gasteiger partial charge in [-0.25, -0.2) is 0 Å². The van der Waals surface area contributed by atoms with E-state index in [0.717, 1.165) is 30.5 Å². The number of anilines is 1. The fourth-order valence-electron chi connectivity index (χ4n) is 3.07. The molecule has 5 nitrogen and oxygen atoms in total. The molecule has 3 rings (SSSR count). The molecule has 1 heterocycles. The maximum absolute atomic E-state index is 12.2. The Balaban J connectivity index is 0.00000161. The van der Waals surface area contributed by atoms with Crippen LogP contribution in [0, 0.1) is 0 Å².